The number of aryl methyl sites for hydroxylation is 2. The number of aromatic nitrogens is 1. The monoisotopic (exact) mass is 538 g/mol. The predicted molar refractivity (Wildman–Crippen MR) is 155 cm³/mol. The number of amides is 1. The number of unbranched alkanes of at least 4 members (excludes halogenated alkanes) is 1. The van der Waals surface area contributed by atoms with E-state index in [2.05, 4.69) is 27.7 Å². The van der Waals surface area contributed by atoms with Gasteiger partial charge in [0, 0.05) is 25.3 Å². The van der Waals surface area contributed by atoms with Gasteiger partial charge in [0.05, 0.1) is 18.1 Å². The Kier molecular flexibility index (Phi) is 11.7. The Morgan fingerprint density at radius 2 is 1.87 bits per heavy atom. The number of carboxylic acids is 1. The normalized spacial score (nSPS) is 14.1. The fourth-order valence-electron chi connectivity index (χ4n) is 4.80. The van der Waals surface area contributed by atoms with Gasteiger partial charge in [0.1, 0.15) is 11.9 Å². The number of carbonyl (C=O) groups is 2. The van der Waals surface area contributed by atoms with Gasteiger partial charge in [-0.1, -0.05) is 36.4 Å². The van der Waals surface area contributed by atoms with Crippen LogP contribution in [0.5, 0.6) is 0 Å². The van der Waals surface area contributed by atoms with Gasteiger partial charge in [-0.25, -0.2) is 9.78 Å². The number of nitrogens with one attached hydrogen (secondary N) is 2. The molecule has 214 valence electrons. The molecule has 1 aromatic carbocycles. The number of hydrogen-bond acceptors (Lipinski definition) is 6. The van der Waals surface area contributed by atoms with Crippen LogP contribution in [0.25, 0.3) is 0 Å². The van der Waals surface area contributed by atoms with Crippen LogP contribution in [0.4, 0.5) is 5.82 Å². The van der Waals surface area contributed by atoms with Crippen molar-refractivity contribution in [1.82, 2.24) is 15.2 Å². The van der Waals surface area contributed by atoms with E-state index >= 15 is 0 Å². The molecule has 1 unspecified atom stereocenters. The van der Waals surface area contributed by atoms with Gasteiger partial charge in [0.2, 0.25) is 5.91 Å². The number of nitrogens with zero attached hydrogens (tertiary/aromatic N) is 2. The molecule has 2 heterocycles. The second-order valence-electron chi connectivity index (χ2n) is 11.2. The van der Waals surface area contributed by atoms with Crippen molar-refractivity contribution in [2.24, 2.45) is 0 Å². The van der Waals surface area contributed by atoms with Crippen LogP contribution in [0.2, 0.25) is 0 Å². The highest BCUT2D eigenvalue weighted by Crippen LogP contribution is 2.23. The molecule has 0 fully saturated rings. The first-order chi connectivity index (χ1) is 18.7. The maximum absolute atomic E-state index is 13.1. The molecule has 1 aliphatic rings. The van der Waals surface area contributed by atoms with E-state index in [0.29, 0.717) is 19.6 Å². The molecule has 0 aliphatic carbocycles. The number of carbonyl (C=O) groups excluding carboxylic acids is 1. The SMILES string of the molecule is CC(C)OCCN(CCCCc1ccc2c(n1)NCCC2)CCC(NC(=O)C(C)(C)c1ccccc1)C(=O)O. The first-order valence-corrected chi connectivity index (χ1v) is 14.3. The lowest BCUT2D eigenvalue weighted by molar-refractivity contribution is -0.142. The van der Waals surface area contributed by atoms with Crippen molar-refractivity contribution in [1.29, 1.82) is 0 Å². The molecule has 1 aliphatic heterocycles. The topological polar surface area (TPSA) is 104 Å². The van der Waals surface area contributed by atoms with E-state index in [4.69, 9.17) is 9.72 Å². The summed E-state index contributed by atoms with van der Waals surface area (Å²) in [5, 5.41) is 16.1. The van der Waals surface area contributed by atoms with Crippen molar-refractivity contribution in [3.05, 3.63) is 59.3 Å². The molecular formula is C31H46N4O4. The smallest absolute Gasteiger partial charge is 0.326 e. The molecule has 3 N–H and O–H groups in total. The third-order valence-corrected chi connectivity index (χ3v) is 7.37. The molecule has 0 spiro atoms. The fraction of sp³-hybridized carbons (Fsp3) is 0.581. The molecule has 3 rings (SSSR count). The van der Waals surface area contributed by atoms with Crippen LogP contribution in [0, 0.1) is 0 Å². The highest BCUT2D eigenvalue weighted by atomic mass is 16.5. The quantitative estimate of drug-likeness (QED) is 0.272. The van der Waals surface area contributed by atoms with Crippen molar-refractivity contribution >= 4 is 17.7 Å². The van der Waals surface area contributed by atoms with E-state index in [1.165, 1.54) is 5.56 Å². The third kappa shape index (κ3) is 9.62. The summed E-state index contributed by atoms with van der Waals surface area (Å²) in [5.74, 6) is -0.274. The summed E-state index contributed by atoms with van der Waals surface area (Å²) in [4.78, 5) is 32.2. The Labute approximate surface area is 233 Å². The number of anilines is 1. The molecule has 0 radical (unpaired) electrons. The molecule has 1 atom stereocenters. The Morgan fingerprint density at radius 3 is 2.59 bits per heavy atom. The maximum Gasteiger partial charge on any atom is 0.326 e. The van der Waals surface area contributed by atoms with Gasteiger partial charge in [0.15, 0.2) is 0 Å². The van der Waals surface area contributed by atoms with E-state index < -0.39 is 17.4 Å². The van der Waals surface area contributed by atoms with Gasteiger partial charge in [-0.15, -0.1) is 0 Å². The number of fused-ring (bicyclic) bond motifs is 1. The first kappa shape index (κ1) is 30.6. The lowest BCUT2D eigenvalue weighted by atomic mass is 9.83. The molecular weight excluding hydrogens is 492 g/mol. The number of pyridine rings is 1. The average Bonchev–Trinajstić information content (AvgIpc) is 2.92. The molecule has 1 aromatic heterocycles. The lowest BCUT2D eigenvalue weighted by Gasteiger charge is -2.28. The zero-order valence-corrected chi connectivity index (χ0v) is 24.0. The summed E-state index contributed by atoms with van der Waals surface area (Å²) in [7, 11) is 0. The van der Waals surface area contributed by atoms with Crippen LogP contribution in [0.15, 0.2) is 42.5 Å². The first-order valence-electron chi connectivity index (χ1n) is 14.3. The van der Waals surface area contributed by atoms with Crippen LogP contribution in [0.1, 0.15) is 70.2 Å². The minimum atomic E-state index is -1.02. The van der Waals surface area contributed by atoms with Gasteiger partial charge >= 0.3 is 5.97 Å². The van der Waals surface area contributed by atoms with Crippen LogP contribution in [-0.2, 0) is 32.6 Å². The van der Waals surface area contributed by atoms with Crippen LogP contribution in [-0.4, -0.2) is 71.8 Å². The number of ether oxygens (including phenoxy) is 1. The third-order valence-electron chi connectivity index (χ3n) is 7.37. The second kappa shape index (κ2) is 15.0. The summed E-state index contributed by atoms with van der Waals surface area (Å²) >= 11 is 0. The number of carboxylic acid groups (broad SMARTS) is 1. The fourth-order valence-corrected chi connectivity index (χ4v) is 4.80. The lowest BCUT2D eigenvalue weighted by Crippen LogP contribution is -2.49. The zero-order chi connectivity index (χ0) is 28.3. The number of benzene rings is 1. The Bertz CT molecular complexity index is 1060. The van der Waals surface area contributed by atoms with Crippen molar-refractivity contribution in [3.63, 3.8) is 0 Å². The standard InChI is InChI=1S/C31H46N4O4/c1-23(2)39-22-21-35(19-9-8-14-26-16-15-24-11-10-18-32-28(24)33-26)20-17-27(29(36)37)34-30(38)31(3,4)25-12-6-5-7-13-25/h5-7,12-13,15-16,23,27H,8-11,14,17-22H2,1-4H3,(H,32,33)(H,34,38)(H,36,37). The molecule has 8 nitrogen and oxygen atoms in total. The summed E-state index contributed by atoms with van der Waals surface area (Å²) in [5.41, 5.74) is 2.42. The van der Waals surface area contributed by atoms with Crippen LogP contribution >= 0.6 is 0 Å². The van der Waals surface area contributed by atoms with Crippen molar-refractivity contribution < 1.29 is 19.4 Å². The minimum absolute atomic E-state index is 0.141. The van der Waals surface area contributed by atoms with E-state index in [1.54, 1.807) is 0 Å². The van der Waals surface area contributed by atoms with Crippen molar-refractivity contribution in [2.45, 2.75) is 83.8 Å². The highest BCUT2D eigenvalue weighted by molar-refractivity contribution is 5.90. The number of hydrogen-bond donors (Lipinski definition) is 3. The molecule has 0 saturated carbocycles. The molecule has 0 saturated heterocycles. The van der Waals surface area contributed by atoms with Crippen LogP contribution in [0.3, 0.4) is 0 Å². The van der Waals surface area contributed by atoms with Gasteiger partial charge in [-0.05, 0) is 90.0 Å². The average molecular weight is 539 g/mol. The van der Waals surface area contributed by atoms with Gasteiger partial charge in [-0.2, -0.15) is 0 Å². The summed E-state index contributed by atoms with van der Waals surface area (Å²) < 4.78 is 5.77. The summed E-state index contributed by atoms with van der Waals surface area (Å²) in [6, 6.07) is 12.8. The van der Waals surface area contributed by atoms with E-state index in [0.717, 1.165) is 68.8 Å². The summed E-state index contributed by atoms with van der Waals surface area (Å²) in [6.07, 6.45) is 5.59. The molecule has 0 bridgehead atoms. The number of rotatable bonds is 16. The van der Waals surface area contributed by atoms with Gasteiger partial charge in [-0.3, -0.25) is 4.79 Å². The van der Waals surface area contributed by atoms with Gasteiger partial charge < -0.3 is 25.4 Å². The van der Waals surface area contributed by atoms with E-state index in [1.807, 2.05) is 58.0 Å². The minimum Gasteiger partial charge on any atom is -0.480 e. The van der Waals surface area contributed by atoms with Gasteiger partial charge in [0.25, 0.3) is 0 Å². The number of aliphatic carboxylic acids is 1. The van der Waals surface area contributed by atoms with Crippen LogP contribution < -0.4 is 10.6 Å². The highest BCUT2D eigenvalue weighted by Gasteiger charge is 2.33. The van der Waals surface area contributed by atoms with E-state index in [9.17, 15) is 14.7 Å². The largest absolute Gasteiger partial charge is 0.480 e. The van der Waals surface area contributed by atoms with Crippen molar-refractivity contribution in [3.8, 4) is 0 Å². The van der Waals surface area contributed by atoms with E-state index in [-0.39, 0.29) is 12.0 Å². The summed E-state index contributed by atoms with van der Waals surface area (Å²) in [6.45, 7) is 11.3. The second-order valence-corrected chi connectivity index (χ2v) is 11.2. The molecule has 1 amide bonds. The maximum atomic E-state index is 13.1. The zero-order valence-electron chi connectivity index (χ0n) is 24.0. The predicted octanol–water partition coefficient (Wildman–Crippen LogP) is 4.43. The molecule has 8 heteroatoms. The Balaban J connectivity index is 1.53. The Hall–Kier alpha value is -2.97. The molecule has 2 aromatic rings. The van der Waals surface area contributed by atoms with Crippen molar-refractivity contribution in [2.75, 3.05) is 38.1 Å². The Morgan fingerprint density at radius 1 is 1.10 bits per heavy atom. The molecule has 39 heavy (non-hydrogen) atoms.